The van der Waals surface area contributed by atoms with Crippen molar-refractivity contribution in [3.8, 4) is 11.5 Å². The number of aromatic amines is 1. The fraction of sp³-hybridized carbons (Fsp3) is 0.0769. The third-order valence-electron chi connectivity index (χ3n) is 2.99. The van der Waals surface area contributed by atoms with Gasteiger partial charge in [-0.05, 0) is 18.2 Å². The highest BCUT2D eigenvalue weighted by molar-refractivity contribution is 5.88. The minimum atomic E-state index is 0.272. The minimum Gasteiger partial charge on any atom is -0.454 e. The van der Waals surface area contributed by atoms with E-state index in [9.17, 15) is 0 Å². The molecule has 3 heterocycles. The maximum Gasteiger partial charge on any atom is 0.231 e. The van der Waals surface area contributed by atoms with E-state index in [4.69, 9.17) is 9.47 Å². The molecule has 0 bridgehead atoms. The largest absolute Gasteiger partial charge is 0.454 e. The Labute approximate surface area is 108 Å². The van der Waals surface area contributed by atoms with Crippen molar-refractivity contribution in [3.05, 3.63) is 36.8 Å². The van der Waals surface area contributed by atoms with Gasteiger partial charge in [-0.2, -0.15) is 0 Å². The maximum atomic E-state index is 5.35. The number of H-pyrrole nitrogens is 1. The SMILES string of the molecule is c1nc(Nc2ccc3c(c2)OCO3)c2cc[nH]c2n1. The molecule has 2 aromatic heterocycles. The molecule has 1 aliphatic rings. The number of aromatic nitrogens is 3. The number of hydrogen-bond donors (Lipinski definition) is 2. The number of benzene rings is 1. The Hall–Kier alpha value is -2.76. The molecule has 0 unspecified atom stereocenters. The molecule has 19 heavy (non-hydrogen) atoms. The Bertz CT molecular complexity index is 753. The van der Waals surface area contributed by atoms with Crippen molar-refractivity contribution in [1.29, 1.82) is 0 Å². The molecule has 3 aromatic rings. The summed E-state index contributed by atoms with van der Waals surface area (Å²) in [4.78, 5) is 11.5. The van der Waals surface area contributed by atoms with Crippen LogP contribution in [0.3, 0.4) is 0 Å². The summed E-state index contributed by atoms with van der Waals surface area (Å²) in [6.07, 6.45) is 3.36. The van der Waals surface area contributed by atoms with E-state index in [1.54, 1.807) is 0 Å². The molecule has 1 aromatic carbocycles. The predicted molar refractivity (Wildman–Crippen MR) is 69.7 cm³/mol. The number of hydrogen-bond acceptors (Lipinski definition) is 5. The lowest BCUT2D eigenvalue weighted by Crippen LogP contribution is -1.95. The number of fused-ring (bicyclic) bond motifs is 2. The van der Waals surface area contributed by atoms with E-state index in [1.807, 2.05) is 30.5 Å². The smallest absolute Gasteiger partial charge is 0.231 e. The molecule has 0 spiro atoms. The standard InChI is InChI=1S/C13H10N4O2/c1-2-10-11(19-7-18-10)5-8(1)17-13-9-3-4-14-12(9)15-6-16-13/h1-6H,7H2,(H2,14,15,16,17). The van der Waals surface area contributed by atoms with Crippen molar-refractivity contribution in [1.82, 2.24) is 15.0 Å². The molecule has 1 aliphatic heterocycles. The van der Waals surface area contributed by atoms with Gasteiger partial charge in [0.1, 0.15) is 17.8 Å². The second-order valence-electron chi connectivity index (χ2n) is 4.16. The topological polar surface area (TPSA) is 72.1 Å². The quantitative estimate of drug-likeness (QED) is 0.734. The Kier molecular flexibility index (Phi) is 2.08. The van der Waals surface area contributed by atoms with Crippen LogP contribution in [0, 0.1) is 0 Å². The van der Waals surface area contributed by atoms with Gasteiger partial charge in [0, 0.05) is 18.0 Å². The summed E-state index contributed by atoms with van der Waals surface area (Å²) >= 11 is 0. The van der Waals surface area contributed by atoms with Crippen molar-refractivity contribution < 1.29 is 9.47 Å². The molecule has 6 heteroatoms. The van der Waals surface area contributed by atoms with Crippen molar-refractivity contribution in [2.24, 2.45) is 0 Å². The summed E-state index contributed by atoms with van der Waals surface area (Å²) in [7, 11) is 0. The second-order valence-corrected chi connectivity index (χ2v) is 4.16. The van der Waals surface area contributed by atoms with E-state index in [1.165, 1.54) is 6.33 Å². The van der Waals surface area contributed by atoms with Gasteiger partial charge in [0.15, 0.2) is 11.5 Å². The number of nitrogens with one attached hydrogen (secondary N) is 2. The summed E-state index contributed by atoms with van der Waals surface area (Å²) in [5, 5.41) is 4.20. The summed E-state index contributed by atoms with van der Waals surface area (Å²) in [5.41, 5.74) is 1.70. The molecule has 0 saturated carbocycles. The molecule has 0 atom stereocenters. The summed E-state index contributed by atoms with van der Waals surface area (Å²) in [6, 6.07) is 7.63. The van der Waals surface area contributed by atoms with Gasteiger partial charge in [-0.3, -0.25) is 0 Å². The first-order valence-corrected chi connectivity index (χ1v) is 5.85. The van der Waals surface area contributed by atoms with E-state index in [-0.39, 0.29) is 6.79 Å². The summed E-state index contributed by atoms with van der Waals surface area (Å²) in [6.45, 7) is 0.272. The average Bonchev–Trinajstić information content (AvgIpc) is 3.06. The van der Waals surface area contributed by atoms with Crippen LogP contribution < -0.4 is 14.8 Å². The van der Waals surface area contributed by atoms with Crippen LogP contribution in [0.4, 0.5) is 11.5 Å². The molecular formula is C13H10N4O2. The van der Waals surface area contributed by atoms with Gasteiger partial charge in [-0.25, -0.2) is 9.97 Å². The van der Waals surface area contributed by atoms with Crippen LogP contribution in [-0.2, 0) is 0 Å². The molecule has 0 radical (unpaired) electrons. The van der Waals surface area contributed by atoms with E-state index in [0.29, 0.717) is 0 Å². The van der Waals surface area contributed by atoms with Crippen LogP contribution >= 0.6 is 0 Å². The lowest BCUT2D eigenvalue weighted by atomic mass is 10.2. The highest BCUT2D eigenvalue weighted by atomic mass is 16.7. The van der Waals surface area contributed by atoms with Crippen molar-refractivity contribution >= 4 is 22.5 Å². The molecule has 94 valence electrons. The zero-order valence-corrected chi connectivity index (χ0v) is 9.88. The number of nitrogens with zero attached hydrogens (tertiary/aromatic N) is 2. The lowest BCUT2D eigenvalue weighted by molar-refractivity contribution is 0.174. The summed E-state index contributed by atoms with van der Waals surface area (Å²) in [5.74, 6) is 2.26. The second kappa shape index (κ2) is 3.88. The molecule has 0 amide bonds. The number of rotatable bonds is 2. The molecule has 0 saturated heterocycles. The first-order chi connectivity index (χ1) is 9.40. The number of ether oxygens (including phenoxy) is 2. The third-order valence-corrected chi connectivity index (χ3v) is 2.99. The van der Waals surface area contributed by atoms with Crippen LogP contribution in [0.1, 0.15) is 0 Å². The Balaban J connectivity index is 1.73. The Morgan fingerprint density at radius 1 is 1.11 bits per heavy atom. The zero-order chi connectivity index (χ0) is 12.7. The Morgan fingerprint density at radius 2 is 2.05 bits per heavy atom. The van der Waals surface area contributed by atoms with Crippen LogP contribution in [0.15, 0.2) is 36.8 Å². The van der Waals surface area contributed by atoms with Gasteiger partial charge in [-0.15, -0.1) is 0 Å². The Morgan fingerprint density at radius 3 is 3.05 bits per heavy atom. The van der Waals surface area contributed by atoms with E-state index < -0.39 is 0 Å². The van der Waals surface area contributed by atoms with Crippen molar-refractivity contribution in [2.45, 2.75) is 0 Å². The van der Waals surface area contributed by atoms with Gasteiger partial charge in [0.25, 0.3) is 0 Å². The molecule has 0 fully saturated rings. The molecule has 4 rings (SSSR count). The van der Waals surface area contributed by atoms with Gasteiger partial charge >= 0.3 is 0 Å². The lowest BCUT2D eigenvalue weighted by Gasteiger charge is -2.07. The molecule has 6 nitrogen and oxygen atoms in total. The van der Waals surface area contributed by atoms with Crippen LogP contribution in [0.25, 0.3) is 11.0 Å². The van der Waals surface area contributed by atoms with Crippen molar-refractivity contribution in [3.63, 3.8) is 0 Å². The third kappa shape index (κ3) is 1.65. The molecular weight excluding hydrogens is 244 g/mol. The van der Waals surface area contributed by atoms with Gasteiger partial charge in [-0.1, -0.05) is 0 Å². The predicted octanol–water partition coefficient (Wildman–Crippen LogP) is 2.43. The monoisotopic (exact) mass is 254 g/mol. The van der Waals surface area contributed by atoms with Crippen LogP contribution in [-0.4, -0.2) is 21.7 Å². The summed E-state index contributed by atoms with van der Waals surface area (Å²) < 4.78 is 10.6. The highest BCUT2D eigenvalue weighted by Crippen LogP contribution is 2.35. The zero-order valence-electron chi connectivity index (χ0n) is 9.88. The van der Waals surface area contributed by atoms with E-state index in [2.05, 4.69) is 20.3 Å². The molecule has 2 N–H and O–H groups in total. The first-order valence-electron chi connectivity index (χ1n) is 5.85. The molecule has 0 aliphatic carbocycles. The average molecular weight is 254 g/mol. The fourth-order valence-electron chi connectivity index (χ4n) is 2.08. The van der Waals surface area contributed by atoms with E-state index >= 15 is 0 Å². The van der Waals surface area contributed by atoms with Crippen LogP contribution in [0.5, 0.6) is 11.5 Å². The van der Waals surface area contributed by atoms with Gasteiger partial charge in [0.2, 0.25) is 6.79 Å². The van der Waals surface area contributed by atoms with E-state index in [0.717, 1.165) is 34.0 Å². The first kappa shape index (κ1) is 10.2. The highest BCUT2D eigenvalue weighted by Gasteiger charge is 2.13. The van der Waals surface area contributed by atoms with Gasteiger partial charge in [0.05, 0.1) is 5.39 Å². The normalized spacial score (nSPS) is 12.8. The minimum absolute atomic E-state index is 0.272. The van der Waals surface area contributed by atoms with Gasteiger partial charge < -0.3 is 19.8 Å². The van der Waals surface area contributed by atoms with Crippen LogP contribution in [0.2, 0.25) is 0 Å². The number of anilines is 2. The maximum absolute atomic E-state index is 5.35. The fourth-order valence-corrected chi connectivity index (χ4v) is 2.08. The van der Waals surface area contributed by atoms with Crippen molar-refractivity contribution in [2.75, 3.05) is 12.1 Å².